The maximum Gasteiger partial charge on any atom is 0.165 e. The molecule has 0 atom stereocenters. The Balaban J connectivity index is 0.000000152. The van der Waals surface area contributed by atoms with Crippen LogP contribution in [0.15, 0.2) is 291 Å². The summed E-state index contributed by atoms with van der Waals surface area (Å²) in [6.07, 6.45) is 0. The van der Waals surface area contributed by atoms with Gasteiger partial charge in [0.15, 0.2) is 23.3 Å². The van der Waals surface area contributed by atoms with Crippen LogP contribution in [0.2, 0.25) is 0 Å². The van der Waals surface area contributed by atoms with Crippen molar-refractivity contribution in [3.8, 4) is 113 Å². The van der Waals surface area contributed by atoms with Crippen LogP contribution in [-0.2, 0) is 0 Å². The fourth-order valence-corrected chi connectivity index (χ4v) is 18.5. The summed E-state index contributed by atoms with van der Waals surface area (Å²) in [5.74, 6) is 8.09. The molecule has 22 aromatic rings. The van der Waals surface area contributed by atoms with Gasteiger partial charge in [0.05, 0.1) is 66.9 Å². The van der Waals surface area contributed by atoms with Crippen molar-refractivity contribution < 1.29 is 0 Å². The third-order valence-electron chi connectivity index (χ3n) is 23.7. The average Bonchev–Trinajstić information content (AvgIpc) is 1.51. The molecule has 596 valence electrons. The maximum absolute atomic E-state index is 4.94. The minimum absolute atomic E-state index is 0.639. The van der Waals surface area contributed by atoms with Gasteiger partial charge in [-0.05, 0) is 263 Å². The number of nitrogens with zero attached hydrogens (tertiary/aromatic N) is 16. The Labute approximate surface area is 716 Å². The maximum atomic E-state index is 4.94. The smallest absolute Gasteiger partial charge is 0.165 e. The number of para-hydroxylation sites is 4. The van der Waals surface area contributed by atoms with E-state index in [4.69, 9.17) is 39.9 Å². The Morgan fingerprint density at radius 2 is 0.379 bits per heavy atom. The van der Waals surface area contributed by atoms with E-state index in [1.54, 1.807) is 0 Å². The zero-order valence-electron chi connectivity index (χ0n) is 70.9. The van der Waals surface area contributed by atoms with Gasteiger partial charge in [-0.2, -0.15) is 0 Å². The van der Waals surface area contributed by atoms with E-state index in [1.165, 1.54) is 65.3 Å². The Morgan fingerprint density at radius 3 is 0.677 bits per heavy atom. The van der Waals surface area contributed by atoms with Gasteiger partial charge in [0, 0.05) is 82.0 Å². The van der Waals surface area contributed by atoms with E-state index < -0.39 is 0 Å². The first-order chi connectivity index (χ1) is 60.3. The van der Waals surface area contributed by atoms with Gasteiger partial charge in [-0.3, -0.25) is 0 Å². The molecule has 22 rings (SSSR count). The molecule has 0 saturated heterocycles. The Morgan fingerprint density at radius 1 is 0.153 bits per heavy atom. The zero-order chi connectivity index (χ0) is 84.4. The summed E-state index contributed by atoms with van der Waals surface area (Å²) < 4.78 is 9.55. The molecule has 16 heteroatoms. The van der Waals surface area contributed by atoms with Crippen molar-refractivity contribution in [3.63, 3.8) is 0 Å². The largest absolute Gasteiger partial charge is 0.309 e. The van der Waals surface area contributed by atoms with Crippen molar-refractivity contribution >= 4 is 87.2 Å². The van der Waals surface area contributed by atoms with Gasteiger partial charge in [0.25, 0.3) is 0 Å². The normalized spacial score (nSPS) is 11.7. The van der Waals surface area contributed by atoms with E-state index in [-0.39, 0.29) is 0 Å². The van der Waals surface area contributed by atoms with Gasteiger partial charge in [0.2, 0.25) is 0 Å². The van der Waals surface area contributed by atoms with E-state index in [0.29, 0.717) is 69.9 Å². The molecule has 16 nitrogen and oxygen atoms in total. The molecule has 124 heavy (non-hydrogen) atoms. The summed E-state index contributed by atoms with van der Waals surface area (Å²) in [5.41, 5.74) is 30.4. The van der Waals surface area contributed by atoms with Crippen LogP contribution >= 0.6 is 0 Å². The van der Waals surface area contributed by atoms with Crippen molar-refractivity contribution in [1.82, 2.24) is 78.1 Å². The third-order valence-corrected chi connectivity index (χ3v) is 23.7. The van der Waals surface area contributed by atoms with E-state index >= 15 is 0 Å². The summed E-state index contributed by atoms with van der Waals surface area (Å²) in [5, 5.41) is 9.73. The number of aryl methyl sites for hydroxylation is 12. The second-order valence-electron chi connectivity index (χ2n) is 32.6. The number of aromatic nitrogens is 16. The fourth-order valence-electron chi connectivity index (χ4n) is 18.5. The van der Waals surface area contributed by atoms with Gasteiger partial charge in [-0.25, -0.2) is 59.8 Å². The highest BCUT2D eigenvalue weighted by Crippen LogP contribution is 2.46. The zero-order valence-corrected chi connectivity index (χ0v) is 70.9. The van der Waals surface area contributed by atoms with Gasteiger partial charge in [-0.15, -0.1) is 0 Å². The summed E-state index contributed by atoms with van der Waals surface area (Å²) in [6.45, 7) is 24.0. The van der Waals surface area contributed by atoms with E-state index in [9.17, 15) is 0 Å². The average molecular weight is 1610 g/mol. The summed E-state index contributed by atoms with van der Waals surface area (Å²) >= 11 is 0. The number of rotatable bonds is 12. The lowest BCUT2D eigenvalue weighted by Gasteiger charge is -2.18. The number of fused-ring (bicyclic) bond motifs is 12. The predicted octanol–water partition coefficient (Wildman–Crippen LogP) is 25.5. The standard InChI is InChI=1S/2C54H42N8/c1-31-18-22-50-44(26-31)41-14-7-9-16-47(41)61(50)49-25-21-40(53-57-33(3)55-34(4)58-53)30-43(49)39-13-11-12-37(28-39)38-20-24-52(46(29-38)54-59-35(5)56-36(6)60-54)62-48-17-10-8-15-42(48)45-27-32(2)19-23-51(45)62;1-31-18-22-51-45(26-31)41-14-7-9-16-47(41)61(51)49-24-20-39(53-57-33(3)55-34(4)58-53)29-43(49)37-12-11-13-38(28-37)44-30-40(54-59-35(5)56-36(6)60-54)21-25-50(44)62-48-17-10-8-15-42(48)46-27-32(2)19-23-52(46)62/h2*7-30H,1-6H3. The third kappa shape index (κ3) is 13.4. The minimum Gasteiger partial charge on any atom is -0.309 e. The van der Waals surface area contributed by atoms with E-state index in [1.807, 2.05) is 55.4 Å². The summed E-state index contributed by atoms with van der Waals surface area (Å²) in [4.78, 5) is 56.7. The molecule has 0 bridgehead atoms. The number of hydrogen-bond donors (Lipinski definition) is 0. The van der Waals surface area contributed by atoms with Crippen molar-refractivity contribution in [2.24, 2.45) is 0 Å². The molecule has 0 aliphatic rings. The lowest BCUT2D eigenvalue weighted by molar-refractivity contribution is 0.926. The van der Waals surface area contributed by atoms with Crippen LogP contribution in [0, 0.1) is 83.1 Å². The molecule has 0 saturated carbocycles. The van der Waals surface area contributed by atoms with Gasteiger partial charge in [-0.1, -0.05) is 162 Å². The molecule has 0 radical (unpaired) electrons. The number of benzene rings is 14. The second kappa shape index (κ2) is 30.2. The van der Waals surface area contributed by atoms with Crippen LogP contribution in [0.4, 0.5) is 0 Å². The Kier molecular flexibility index (Phi) is 18.5. The minimum atomic E-state index is 0.639. The molecule has 0 amide bonds. The Hall–Kier alpha value is -15.7. The molecule has 0 aliphatic heterocycles. The lowest BCUT2D eigenvalue weighted by atomic mass is 9.94. The highest BCUT2D eigenvalue weighted by atomic mass is 15.1. The monoisotopic (exact) mass is 1600 g/mol. The van der Waals surface area contributed by atoms with Crippen LogP contribution in [0.5, 0.6) is 0 Å². The topological polar surface area (TPSA) is 174 Å². The molecular formula is C108H84N16. The van der Waals surface area contributed by atoms with Crippen LogP contribution in [0.25, 0.3) is 200 Å². The predicted molar refractivity (Wildman–Crippen MR) is 504 cm³/mol. The quantitative estimate of drug-likeness (QED) is 0.113. The van der Waals surface area contributed by atoms with Crippen molar-refractivity contribution in [2.75, 3.05) is 0 Å². The fraction of sp³-hybridized carbons (Fsp3) is 0.111. The molecule has 8 aromatic heterocycles. The lowest BCUT2D eigenvalue weighted by Crippen LogP contribution is -2.03. The molecule has 0 aliphatic carbocycles. The van der Waals surface area contributed by atoms with Crippen LogP contribution < -0.4 is 0 Å². The first-order valence-corrected chi connectivity index (χ1v) is 41.9. The first kappa shape index (κ1) is 75.8. The Bertz CT molecular complexity index is 7860. The van der Waals surface area contributed by atoms with Gasteiger partial charge < -0.3 is 18.3 Å². The summed E-state index contributed by atoms with van der Waals surface area (Å²) in [6, 6.07) is 106. The molecular weight excluding hydrogens is 1520 g/mol. The van der Waals surface area contributed by atoms with E-state index in [0.717, 1.165) is 134 Å². The molecule has 8 heterocycles. The second-order valence-corrected chi connectivity index (χ2v) is 32.6. The van der Waals surface area contributed by atoms with Crippen molar-refractivity contribution in [2.45, 2.75) is 83.1 Å². The highest BCUT2D eigenvalue weighted by Gasteiger charge is 2.26. The molecule has 14 aromatic carbocycles. The highest BCUT2D eigenvalue weighted by molar-refractivity contribution is 6.14. The SMILES string of the molecule is Cc1ccc2c(c1)c1ccccc1n2-c1ccc(-c2nc(C)nc(C)n2)cc1-c1cccc(-c2cc(-c3nc(C)nc(C)n3)ccc2-n2c3ccccc3c3cc(C)ccc32)c1.Cc1ccc2c(c1)c1ccccc1n2-c1ccc(-c2nc(C)nc(C)n2)cc1-c1cccc(-c2ccc(-n3c4ccccc4c4cc(C)ccc43)c(-c3nc(C)nc(C)n3)c2)c1. The van der Waals surface area contributed by atoms with Crippen molar-refractivity contribution in [3.05, 3.63) is 360 Å². The first-order valence-electron chi connectivity index (χ1n) is 41.9. The molecule has 0 fully saturated rings. The molecule has 0 unspecified atom stereocenters. The van der Waals surface area contributed by atoms with Gasteiger partial charge in [0.1, 0.15) is 46.6 Å². The van der Waals surface area contributed by atoms with Crippen LogP contribution in [0.3, 0.4) is 0 Å². The molecule has 0 N–H and O–H groups in total. The van der Waals surface area contributed by atoms with Crippen LogP contribution in [-0.4, -0.2) is 78.1 Å². The molecule has 0 spiro atoms. The summed E-state index contributed by atoms with van der Waals surface area (Å²) in [7, 11) is 0. The number of hydrogen-bond acceptors (Lipinski definition) is 12. The van der Waals surface area contributed by atoms with Gasteiger partial charge >= 0.3 is 0 Å². The van der Waals surface area contributed by atoms with Crippen LogP contribution in [0.1, 0.15) is 68.8 Å². The van der Waals surface area contributed by atoms with Crippen molar-refractivity contribution in [1.29, 1.82) is 0 Å². The van der Waals surface area contributed by atoms with E-state index in [2.05, 4.69) is 357 Å².